The number of rotatable bonds is 3. The largest absolute Gasteiger partial charge is 0.454 e. The van der Waals surface area contributed by atoms with Crippen LogP contribution in [0, 0.1) is 0 Å². The zero-order valence-corrected chi connectivity index (χ0v) is 12.8. The number of alkyl halides is 3. The average molecular weight is 310 g/mol. The Balaban J connectivity index is 2.87. The molecule has 0 saturated heterocycles. The Labute approximate surface area is 126 Å². The smallest absolute Gasteiger partial charge is 0.377 e. The minimum atomic E-state index is -4.89. The van der Waals surface area contributed by atoms with Crippen molar-refractivity contribution in [3.63, 3.8) is 0 Å². The van der Waals surface area contributed by atoms with E-state index in [-0.39, 0.29) is 5.56 Å². The van der Waals surface area contributed by atoms with Gasteiger partial charge in [-0.3, -0.25) is 4.79 Å². The van der Waals surface area contributed by atoms with E-state index in [1.165, 1.54) is 6.07 Å². The van der Waals surface area contributed by atoms with Crippen LogP contribution in [0.25, 0.3) is 10.8 Å². The molecule has 0 atom stereocenters. The van der Waals surface area contributed by atoms with Gasteiger partial charge in [-0.2, -0.15) is 13.2 Å². The van der Waals surface area contributed by atoms with E-state index in [2.05, 4.69) is 0 Å². The molecule has 22 heavy (non-hydrogen) atoms. The molecule has 0 aromatic heterocycles. The standard InChI is InChI=1S/C16H17F3N2O/c1-20(2)12-7-5-6-10-11(15(22)16(17,18)19)8-9-13(14(10)12)21(3)4/h5-9H,1-4H3. The minimum Gasteiger partial charge on any atom is -0.377 e. The summed E-state index contributed by atoms with van der Waals surface area (Å²) in [4.78, 5) is 15.3. The Kier molecular flexibility index (Phi) is 4.04. The fourth-order valence-electron chi connectivity index (χ4n) is 2.47. The van der Waals surface area contributed by atoms with Crippen molar-refractivity contribution < 1.29 is 18.0 Å². The van der Waals surface area contributed by atoms with Crippen molar-refractivity contribution in [2.24, 2.45) is 0 Å². The van der Waals surface area contributed by atoms with Crippen LogP contribution < -0.4 is 9.80 Å². The number of nitrogens with zero attached hydrogens (tertiary/aromatic N) is 2. The molecule has 0 fully saturated rings. The lowest BCUT2D eigenvalue weighted by molar-refractivity contribution is -0.0884. The highest BCUT2D eigenvalue weighted by molar-refractivity contribution is 6.16. The van der Waals surface area contributed by atoms with Crippen molar-refractivity contribution in [1.82, 2.24) is 0 Å². The van der Waals surface area contributed by atoms with Gasteiger partial charge in [0.25, 0.3) is 5.78 Å². The Morgan fingerprint density at radius 1 is 0.909 bits per heavy atom. The Morgan fingerprint density at radius 2 is 1.45 bits per heavy atom. The summed E-state index contributed by atoms with van der Waals surface area (Å²) in [5, 5.41) is 0.937. The molecule has 0 aliphatic rings. The van der Waals surface area contributed by atoms with Gasteiger partial charge in [-0.25, -0.2) is 0 Å². The average Bonchev–Trinajstić information content (AvgIpc) is 2.43. The van der Waals surface area contributed by atoms with Gasteiger partial charge in [0.1, 0.15) is 0 Å². The predicted octanol–water partition coefficient (Wildman–Crippen LogP) is 3.72. The number of fused-ring (bicyclic) bond motifs is 1. The molecule has 0 saturated carbocycles. The van der Waals surface area contributed by atoms with Crippen LogP contribution in [0.4, 0.5) is 24.5 Å². The molecule has 0 bridgehead atoms. The van der Waals surface area contributed by atoms with Gasteiger partial charge in [0.05, 0.1) is 0 Å². The molecule has 0 amide bonds. The van der Waals surface area contributed by atoms with Crippen LogP contribution in [0.5, 0.6) is 0 Å². The highest BCUT2D eigenvalue weighted by Gasteiger charge is 2.40. The third kappa shape index (κ3) is 2.73. The van der Waals surface area contributed by atoms with Crippen molar-refractivity contribution in [3.8, 4) is 0 Å². The molecule has 0 heterocycles. The summed E-state index contributed by atoms with van der Waals surface area (Å²) in [6.45, 7) is 0. The first-order valence-electron chi connectivity index (χ1n) is 6.66. The van der Waals surface area contributed by atoms with E-state index in [4.69, 9.17) is 0 Å². The second-order valence-electron chi connectivity index (χ2n) is 5.45. The predicted molar refractivity (Wildman–Crippen MR) is 83.0 cm³/mol. The summed E-state index contributed by atoms with van der Waals surface area (Å²) in [5.74, 6) is -1.82. The second-order valence-corrected chi connectivity index (χ2v) is 5.45. The summed E-state index contributed by atoms with van der Waals surface area (Å²) in [5.41, 5.74) is 1.20. The first kappa shape index (κ1) is 16.1. The van der Waals surface area contributed by atoms with E-state index in [0.29, 0.717) is 10.8 Å². The van der Waals surface area contributed by atoms with Crippen LogP contribution in [0.1, 0.15) is 10.4 Å². The molecule has 0 radical (unpaired) electrons. The van der Waals surface area contributed by atoms with Gasteiger partial charge in [-0.05, 0) is 23.6 Å². The monoisotopic (exact) mass is 310 g/mol. The Bertz CT molecular complexity index is 707. The summed E-state index contributed by atoms with van der Waals surface area (Å²) >= 11 is 0. The maximum atomic E-state index is 12.8. The Hall–Kier alpha value is -2.24. The van der Waals surface area contributed by atoms with Crippen molar-refractivity contribution >= 4 is 27.9 Å². The van der Waals surface area contributed by atoms with E-state index >= 15 is 0 Å². The summed E-state index contributed by atoms with van der Waals surface area (Å²) in [6.07, 6.45) is -4.89. The number of carbonyl (C=O) groups excluding carboxylic acids is 1. The maximum Gasteiger partial charge on any atom is 0.454 e. The lowest BCUT2D eigenvalue weighted by atomic mass is 9.97. The molecular formula is C16H17F3N2O. The lowest BCUT2D eigenvalue weighted by Crippen LogP contribution is -2.23. The topological polar surface area (TPSA) is 23.6 Å². The molecule has 0 aliphatic carbocycles. The fourth-order valence-corrected chi connectivity index (χ4v) is 2.47. The lowest BCUT2D eigenvalue weighted by Gasteiger charge is -2.23. The van der Waals surface area contributed by atoms with Crippen molar-refractivity contribution in [2.75, 3.05) is 38.0 Å². The third-order valence-electron chi connectivity index (χ3n) is 3.46. The minimum absolute atomic E-state index is 0.305. The van der Waals surface area contributed by atoms with E-state index < -0.39 is 12.0 Å². The van der Waals surface area contributed by atoms with Crippen LogP contribution in [-0.4, -0.2) is 40.2 Å². The third-order valence-corrected chi connectivity index (χ3v) is 3.46. The number of anilines is 2. The van der Waals surface area contributed by atoms with Crippen LogP contribution in [0.15, 0.2) is 30.3 Å². The van der Waals surface area contributed by atoms with Gasteiger partial charge < -0.3 is 9.80 Å². The summed E-state index contributed by atoms with van der Waals surface area (Å²) in [6, 6.07) is 7.82. The first-order valence-corrected chi connectivity index (χ1v) is 6.66. The van der Waals surface area contributed by atoms with Crippen molar-refractivity contribution in [3.05, 3.63) is 35.9 Å². The van der Waals surface area contributed by atoms with Crippen molar-refractivity contribution in [2.45, 2.75) is 6.18 Å². The summed E-state index contributed by atoms with van der Waals surface area (Å²) < 4.78 is 38.4. The van der Waals surface area contributed by atoms with Crippen molar-refractivity contribution in [1.29, 1.82) is 0 Å². The maximum absolute atomic E-state index is 12.8. The van der Waals surface area contributed by atoms with E-state index in [1.54, 1.807) is 18.2 Å². The molecule has 2 aromatic rings. The molecule has 118 valence electrons. The number of benzene rings is 2. The van der Waals surface area contributed by atoms with E-state index in [0.717, 1.165) is 11.4 Å². The zero-order valence-electron chi connectivity index (χ0n) is 12.8. The van der Waals surface area contributed by atoms with Gasteiger partial charge in [0, 0.05) is 50.5 Å². The molecule has 0 unspecified atom stereocenters. The number of Topliss-reactive ketones (excluding diaryl/α,β-unsaturated/α-hetero) is 1. The quantitative estimate of drug-likeness (QED) is 0.807. The number of halogens is 3. The molecular weight excluding hydrogens is 293 g/mol. The molecule has 3 nitrogen and oxygen atoms in total. The van der Waals surface area contributed by atoms with Crippen LogP contribution in [0.2, 0.25) is 0 Å². The first-order chi connectivity index (χ1) is 10.1. The molecule has 2 rings (SSSR count). The molecule has 0 spiro atoms. The second kappa shape index (κ2) is 5.51. The van der Waals surface area contributed by atoms with E-state index in [1.807, 2.05) is 44.1 Å². The van der Waals surface area contributed by atoms with Gasteiger partial charge in [-0.15, -0.1) is 0 Å². The Morgan fingerprint density at radius 3 is 1.95 bits per heavy atom. The van der Waals surface area contributed by atoms with Crippen LogP contribution >= 0.6 is 0 Å². The van der Waals surface area contributed by atoms with Gasteiger partial charge in [-0.1, -0.05) is 12.1 Å². The number of hydrogen-bond acceptors (Lipinski definition) is 3. The highest BCUT2D eigenvalue weighted by atomic mass is 19.4. The molecule has 0 aliphatic heterocycles. The highest BCUT2D eigenvalue weighted by Crippen LogP contribution is 2.37. The summed E-state index contributed by atoms with van der Waals surface area (Å²) in [7, 11) is 7.25. The normalized spacial score (nSPS) is 11.6. The molecule has 0 N–H and O–H groups in total. The fraction of sp³-hybridized carbons (Fsp3) is 0.312. The molecule has 2 aromatic carbocycles. The molecule has 6 heteroatoms. The number of ketones is 1. The van der Waals surface area contributed by atoms with Gasteiger partial charge in [0.15, 0.2) is 0 Å². The SMILES string of the molecule is CN(C)c1cccc2c(C(=O)C(F)(F)F)ccc(N(C)C)c12. The zero-order chi connectivity index (χ0) is 16.7. The van der Waals surface area contributed by atoms with E-state index in [9.17, 15) is 18.0 Å². The number of hydrogen-bond donors (Lipinski definition) is 0. The van der Waals surface area contributed by atoms with Crippen LogP contribution in [0.3, 0.4) is 0 Å². The number of carbonyl (C=O) groups is 1. The van der Waals surface area contributed by atoms with Gasteiger partial charge >= 0.3 is 6.18 Å². The van der Waals surface area contributed by atoms with Gasteiger partial charge in [0.2, 0.25) is 0 Å². The van der Waals surface area contributed by atoms with Crippen LogP contribution in [-0.2, 0) is 0 Å².